The van der Waals surface area contributed by atoms with Crippen LogP contribution in [0.1, 0.15) is 39.7 Å². The van der Waals surface area contributed by atoms with Gasteiger partial charge in [0.2, 0.25) is 5.91 Å². The van der Waals surface area contributed by atoms with Crippen molar-refractivity contribution in [3.63, 3.8) is 0 Å². The first-order valence-electron chi connectivity index (χ1n) is 8.68. The largest absolute Gasteiger partial charge is 0.490 e. The van der Waals surface area contributed by atoms with Crippen molar-refractivity contribution in [1.29, 1.82) is 0 Å². The fourth-order valence-corrected chi connectivity index (χ4v) is 2.21. The molecule has 6 nitrogen and oxygen atoms in total. The Labute approximate surface area is 150 Å². The Morgan fingerprint density at radius 2 is 1.80 bits per heavy atom. The van der Waals surface area contributed by atoms with Crippen molar-refractivity contribution >= 4 is 11.9 Å². The summed E-state index contributed by atoms with van der Waals surface area (Å²) < 4.78 is 11.0. The molecule has 0 saturated heterocycles. The van der Waals surface area contributed by atoms with Crippen molar-refractivity contribution in [3.05, 3.63) is 29.8 Å². The highest BCUT2D eigenvalue weighted by molar-refractivity contribution is 5.76. The molecule has 0 aromatic heterocycles. The first-order valence-corrected chi connectivity index (χ1v) is 8.68. The van der Waals surface area contributed by atoms with E-state index in [1.54, 1.807) is 24.3 Å². The van der Waals surface area contributed by atoms with E-state index in [4.69, 9.17) is 15.2 Å². The van der Waals surface area contributed by atoms with Crippen LogP contribution in [0, 0.1) is 5.92 Å². The summed E-state index contributed by atoms with van der Waals surface area (Å²) in [5.74, 6) is 0.519. The van der Waals surface area contributed by atoms with Crippen LogP contribution < -0.4 is 15.8 Å². The fourth-order valence-electron chi connectivity index (χ4n) is 2.21. The molecule has 1 rings (SSSR count). The van der Waals surface area contributed by atoms with Crippen LogP contribution in [-0.2, 0) is 20.7 Å². The second kappa shape index (κ2) is 10.7. The van der Waals surface area contributed by atoms with Gasteiger partial charge in [0.05, 0.1) is 6.42 Å². The molecule has 0 aliphatic rings. The number of nitrogens with one attached hydrogen (secondary N) is 1. The van der Waals surface area contributed by atoms with E-state index in [1.807, 2.05) is 0 Å². The lowest BCUT2D eigenvalue weighted by Crippen LogP contribution is -2.35. The molecule has 1 amide bonds. The summed E-state index contributed by atoms with van der Waals surface area (Å²) in [6, 6.07) is 7.56. The zero-order valence-electron chi connectivity index (χ0n) is 15.6. The molecule has 0 fully saturated rings. The third-order valence-electron chi connectivity index (χ3n) is 4.00. The van der Waals surface area contributed by atoms with Gasteiger partial charge in [-0.1, -0.05) is 26.0 Å². The molecule has 1 aromatic rings. The number of primary amides is 1. The molecule has 0 bridgehead atoms. The molecule has 0 spiro atoms. The Balaban J connectivity index is 2.48. The Morgan fingerprint density at radius 1 is 1.16 bits per heavy atom. The van der Waals surface area contributed by atoms with Crippen LogP contribution in [-0.4, -0.2) is 37.2 Å². The second-order valence-electron chi connectivity index (χ2n) is 6.60. The zero-order valence-corrected chi connectivity index (χ0v) is 15.6. The van der Waals surface area contributed by atoms with Gasteiger partial charge >= 0.3 is 5.97 Å². The van der Waals surface area contributed by atoms with E-state index in [2.05, 4.69) is 26.1 Å². The van der Waals surface area contributed by atoms with Crippen molar-refractivity contribution in [2.75, 3.05) is 13.2 Å². The summed E-state index contributed by atoms with van der Waals surface area (Å²) in [5, 5.41) is 3.42. The number of carbonyl (C=O) groups excluding carboxylic acids is 2. The summed E-state index contributed by atoms with van der Waals surface area (Å²) >= 11 is 0. The van der Waals surface area contributed by atoms with Crippen molar-refractivity contribution < 1.29 is 19.1 Å². The summed E-state index contributed by atoms with van der Waals surface area (Å²) in [6.07, 6.45) is 0.571. The smallest absolute Gasteiger partial charge is 0.303 e. The predicted octanol–water partition coefficient (Wildman–Crippen LogP) is 2.05. The molecule has 0 radical (unpaired) electrons. The minimum atomic E-state index is -0.369. The van der Waals surface area contributed by atoms with E-state index in [0.29, 0.717) is 24.1 Å². The number of ether oxygens (including phenoxy) is 2. The first-order chi connectivity index (χ1) is 11.8. The van der Waals surface area contributed by atoms with E-state index in [0.717, 1.165) is 12.1 Å². The highest BCUT2D eigenvalue weighted by Crippen LogP contribution is 2.14. The number of rotatable bonds is 11. The molecule has 6 heteroatoms. The van der Waals surface area contributed by atoms with E-state index in [-0.39, 0.29) is 31.0 Å². The maximum absolute atomic E-state index is 11.3. The van der Waals surface area contributed by atoms with Gasteiger partial charge in [-0.3, -0.25) is 9.59 Å². The van der Waals surface area contributed by atoms with Crippen LogP contribution in [0.25, 0.3) is 0 Å². The SMILES string of the molecule is CC(=O)OC(CCNC(C)C(C)C)COc1ccc(CC(N)=O)cc1. The molecule has 0 saturated carbocycles. The zero-order chi connectivity index (χ0) is 18.8. The number of amides is 1. The number of benzene rings is 1. The van der Waals surface area contributed by atoms with Gasteiger partial charge in [-0.2, -0.15) is 0 Å². The predicted molar refractivity (Wildman–Crippen MR) is 97.3 cm³/mol. The van der Waals surface area contributed by atoms with Crippen LogP contribution in [0.5, 0.6) is 5.75 Å². The average Bonchev–Trinajstić information content (AvgIpc) is 2.52. The molecule has 2 unspecified atom stereocenters. The molecule has 25 heavy (non-hydrogen) atoms. The van der Waals surface area contributed by atoms with Crippen LogP contribution in [0.15, 0.2) is 24.3 Å². The lowest BCUT2D eigenvalue weighted by Gasteiger charge is -2.21. The molecule has 140 valence electrons. The maximum atomic E-state index is 11.3. The number of hydrogen-bond donors (Lipinski definition) is 2. The molecule has 2 atom stereocenters. The Morgan fingerprint density at radius 3 is 2.32 bits per heavy atom. The molecule has 3 N–H and O–H groups in total. The number of carbonyl (C=O) groups is 2. The summed E-state index contributed by atoms with van der Waals surface area (Å²) in [4.78, 5) is 22.2. The standard InChI is InChI=1S/C19H30N2O4/c1-13(2)14(3)21-10-9-18(25-15(4)22)12-24-17-7-5-16(6-8-17)11-19(20)23/h5-8,13-14,18,21H,9-12H2,1-4H3,(H2,20,23). The van der Waals surface area contributed by atoms with Gasteiger partial charge in [0.25, 0.3) is 0 Å². The third kappa shape index (κ3) is 9.10. The van der Waals surface area contributed by atoms with Gasteiger partial charge in [0, 0.05) is 19.4 Å². The van der Waals surface area contributed by atoms with E-state index >= 15 is 0 Å². The van der Waals surface area contributed by atoms with E-state index in [1.165, 1.54) is 6.92 Å². The van der Waals surface area contributed by atoms with E-state index < -0.39 is 0 Å². The van der Waals surface area contributed by atoms with Gasteiger partial charge in [-0.15, -0.1) is 0 Å². The topological polar surface area (TPSA) is 90.7 Å². The maximum Gasteiger partial charge on any atom is 0.303 e. The van der Waals surface area contributed by atoms with Gasteiger partial charge in [-0.05, 0) is 37.1 Å². The fraction of sp³-hybridized carbons (Fsp3) is 0.579. The summed E-state index contributed by atoms with van der Waals surface area (Å²) in [6.45, 7) is 8.88. The van der Waals surface area contributed by atoms with Gasteiger partial charge < -0.3 is 20.5 Å². The average molecular weight is 350 g/mol. The molecule has 0 aliphatic carbocycles. The number of esters is 1. The Hall–Kier alpha value is -2.08. The van der Waals surface area contributed by atoms with Crippen LogP contribution in [0.4, 0.5) is 0 Å². The normalized spacial score (nSPS) is 13.3. The summed E-state index contributed by atoms with van der Waals surface area (Å²) in [7, 11) is 0. The van der Waals surface area contributed by atoms with Gasteiger partial charge in [-0.25, -0.2) is 0 Å². The second-order valence-corrected chi connectivity index (χ2v) is 6.60. The summed E-state index contributed by atoms with van der Waals surface area (Å²) in [5.41, 5.74) is 6.01. The van der Waals surface area contributed by atoms with Gasteiger partial charge in [0.1, 0.15) is 18.5 Å². The molecule has 0 heterocycles. The van der Waals surface area contributed by atoms with Crippen molar-refractivity contribution in [3.8, 4) is 5.75 Å². The first kappa shape index (κ1) is 21.0. The third-order valence-corrected chi connectivity index (χ3v) is 4.00. The highest BCUT2D eigenvalue weighted by Gasteiger charge is 2.14. The van der Waals surface area contributed by atoms with Crippen molar-refractivity contribution in [2.24, 2.45) is 11.7 Å². The van der Waals surface area contributed by atoms with E-state index in [9.17, 15) is 9.59 Å². The Kier molecular flexibility index (Phi) is 8.99. The van der Waals surface area contributed by atoms with Crippen LogP contribution >= 0.6 is 0 Å². The Bertz CT molecular complexity index is 543. The van der Waals surface area contributed by atoms with Crippen LogP contribution in [0.2, 0.25) is 0 Å². The molecular formula is C19H30N2O4. The lowest BCUT2D eigenvalue weighted by molar-refractivity contribution is -0.148. The highest BCUT2D eigenvalue weighted by atomic mass is 16.6. The quantitative estimate of drug-likeness (QED) is 0.596. The van der Waals surface area contributed by atoms with Crippen LogP contribution in [0.3, 0.4) is 0 Å². The molecule has 1 aromatic carbocycles. The van der Waals surface area contributed by atoms with Crippen molar-refractivity contribution in [2.45, 2.75) is 52.7 Å². The minimum absolute atomic E-state index is 0.204. The number of hydrogen-bond acceptors (Lipinski definition) is 5. The molecule has 0 aliphatic heterocycles. The van der Waals surface area contributed by atoms with Gasteiger partial charge in [0.15, 0.2) is 0 Å². The number of nitrogens with two attached hydrogens (primary N) is 1. The molecular weight excluding hydrogens is 320 g/mol. The minimum Gasteiger partial charge on any atom is -0.490 e. The monoisotopic (exact) mass is 350 g/mol. The van der Waals surface area contributed by atoms with Crippen molar-refractivity contribution in [1.82, 2.24) is 5.32 Å². The lowest BCUT2D eigenvalue weighted by atomic mass is 10.1.